The summed E-state index contributed by atoms with van der Waals surface area (Å²) in [5.74, 6) is 1.67. The molecule has 1 aromatic rings. The van der Waals surface area contributed by atoms with Crippen LogP contribution < -0.4 is 14.2 Å². The molecule has 0 aromatic heterocycles. The van der Waals surface area contributed by atoms with Gasteiger partial charge in [0.15, 0.2) is 11.5 Å². The SMILES string of the molecule is CCCCN(CC)C(=O)c1cc(OCC)c(OCC)c(OCC)c1. The molecule has 0 saturated heterocycles. The van der Waals surface area contributed by atoms with E-state index in [1.54, 1.807) is 12.1 Å². The molecule has 0 bridgehead atoms. The van der Waals surface area contributed by atoms with Crippen LogP contribution in [0.15, 0.2) is 12.1 Å². The Kier molecular flexibility index (Phi) is 9.05. The van der Waals surface area contributed by atoms with Crippen molar-refractivity contribution in [3.63, 3.8) is 0 Å². The molecule has 1 amide bonds. The quantitative estimate of drug-likeness (QED) is 0.609. The van der Waals surface area contributed by atoms with Gasteiger partial charge in [-0.05, 0) is 46.2 Å². The first-order chi connectivity index (χ1) is 11.6. The van der Waals surface area contributed by atoms with Gasteiger partial charge in [-0.1, -0.05) is 13.3 Å². The van der Waals surface area contributed by atoms with E-state index in [-0.39, 0.29) is 5.91 Å². The average Bonchev–Trinajstić information content (AvgIpc) is 2.58. The molecule has 1 rings (SSSR count). The van der Waals surface area contributed by atoms with Gasteiger partial charge in [-0.3, -0.25) is 4.79 Å². The number of carbonyl (C=O) groups excluding carboxylic acids is 1. The van der Waals surface area contributed by atoms with Crippen LogP contribution in [-0.4, -0.2) is 43.7 Å². The van der Waals surface area contributed by atoms with Gasteiger partial charge in [-0.15, -0.1) is 0 Å². The summed E-state index contributed by atoms with van der Waals surface area (Å²) in [5.41, 5.74) is 0.573. The van der Waals surface area contributed by atoms with Crippen molar-refractivity contribution in [2.24, 2.45) is 0 Å². The van der Waals surface area contributed by atoms with Crippen molar-refractivity contribution in [3.05, 3.63) is 17.7 Å². The van der Waals surface area contributed by atoms with Gasteiger partial charge in [0.2, 0.25) is 5.75 Å². The van der Waals surface area contributed by atoms with Crippen LogP contribution in [0.2, 0.25) is 0 Å². The summed E-state index contributed by atoms with van der Waals surface area (Å²) in [5, 5.41) is 0. The van der Waals surface area contributed by atoms with Crippen molar-refractivity contribution in [2.45, 2.75) is 47.5 Å². The van der Waals surface area contributed by atoms with Crippen LogP contribution in [0.3, 0.4) is 0 Å². The van der Waals surface area contributed by atoms with E-state index in [9.17, 15) is 4.79 Å². The second-order valence-corrected chi connectivity index (χ2v) is 5.34. The molecule has 0 aliphatic heterocycles. The van der Waals surface area contributed by atoms with Gasteiger partial charge in [0.05, 0.1) is 19.8 Å². The highest BCUT2D eigenvalue weighted by Gasteiger charge is 2.21. The first kappa shape index (κ1) is 20.1. The number of hydrogen-bond acceptors (Lipinski definition) is 4. The van der Waals surface area contributed by atoms with E-state index >= 15 is 0 Å². The fourth-order valence-electron chi connectivity index (χ4n) is 2.45. The van der Waals surface area contributed by atoms with Gasteiger partial charge in [0.1, 0.15) is 0 Å². The third-order valence-corrected chi connectivity index (χ3v) is 3.61. The van der Waals surface area contributed by atoms with E-state index in [4.69, 9.17) is 14.2 Å². The highest BCUT2D eigenvalue weighted by molar-refractivity contribution is 5.95. The molecule has 0 heterocycles. The second-order valence-electron chi connectivity index (χ2n) is 5.34. The van der Waals surface area contributed by atoms with Crippen molar-refractivity contribution in [3.8, 4) is 17.2 Å². The molecule has 136 valence electrons. The van der Waals surface area contributed by atoms with E-state index in [1.165, 1.54) is 0 Å². The largest absolute Gasteiger partial charge is 0.490 e. The zero-order valence-electron chi connectivity index (χ0n) is 15.7. The lowest BCUT2D eigenvalue weighted by molar-refractivity contribution is 0.0761. The zero-order chi connectivity index (χ0) is 17.9. The second kappa shape index (κ2) is 10.8. The summed E-state index contributed by atoms with van der Waals surface area (Å²) in [4.78, 5) is 14.7. The van der Waals surface area contributed by atoms with Crippen LogP contribution >= 0.6 is 0 Å². The number of unbranched alkanes of at least 4 members (excludes halogenated alkanes) is 1. The highest BCUT2D eigenvalue weighted by Crippen LogP contribution is 2.39. The molecule has 5 heteroatoms. The van der Waals surface area contributed by atoms with Gasteiger partial charge in [0.25, 0.3) is 5.91 Å². The van der Waals surface area contributed by atoms with E-state index in [0.717, 1.165) is 19.4 Å². The lowest BCUT2D eigenvalue weighted by atomic mass is 10.1. The molecule has 0 N–H and O–H groups in total. The fourth-order valence-corrected chi connectivity index (χ4v) is 2.45. The lowest BCUT2D eigenvalue weighted by Crippen LogP contribution is -2.31. The summed E-state index contributed by atoms with van der Waals surface area (Å²) >= 11 is 0. The third kappa shape index (κ3) is 5.32. The molecule has 0 atom stereocenters. The fraction of sp³-hybridized carbons (Fsp3) is 0.632. The summed E-state index contributed by atoms with van der Waals surface area (Å²) < 4.78 is 17.1. The average molecular weight is 337 g/mol. The molecule has 0 aliphatic rings. The van der Waals surface area contributed by atoms with Crippen molar-refractivity contribution < 1.29 is 19.0 Å². The molecule has 24 heavy (non-hydrogen) atoms. The van der Waals surface area contributed by atoms with Gasteiger partial charge in [-0.25, -0.2) is 0 Å². The van der Waals surface area contributed by atoms with Crippen LogP contribution in [0.4, 0.5) is 0 Å². The molecule has 0 radical (unpaired) electrons. The normalized spacial score (nSPS) is 10.4. The van der Waals surface area contributed by atoms with Crippen molar-refractivity contribution >= 4 is 5.91 Å². The summed E-state index contributed by atoms with van der Waals surface area (Å²) in [6, 6.07) is 3.52. The molecule has 0 aliphatic carbocycles. The summed E-state index contributed by atoms with van der Waals surface area (Å²) in [6.45, 7) is 12.8. The Balaban J connectivity index is 3.23. The maximum atomic E-state index is 12.8. The number of amides is 1. The first-order valence-corrected chi connectivity index (χ1v) is 8.98. The highest BCUT2D eigenvalue weighted by atomic mass is 16.5. The summed E-state index contributed by atoms with van der Waals surface area (Å²) in [6.07, 6.45) is 2.05. The van der Waals surface area contributed by atoms with Crippen LogP contribution in [0.25, 0.3) is 0 Å². The minimum Gasteiger partial charge on any atom is -0.490 e. The van der Waals surface area contributed by atoms with E-state index < -0.39 is 0 Å². The Morgan fingerprint density at radius 2 is 1.46 bits per heavy atom. The smallest absolute Gasteiger partial charge is 0.254 e. The molecule has 0 spiro atoms. The minimum atomic E-state index is -0.00379. The Hall–Kier alpha value is -1.91. The molecular weight excluding hydrogens is 306 g/mol. The number of benzene rings is 1. The van der Waals surface area contributed by atoms with Gasteiger partial charge in [-0.2, -0.15) is 0 Å². The van der Waals surface area contributed by atoms with Crippen LogP contribution in [0, 0.1) is 0 Å². The molecular formula is C19H31NO4. The molecule has 0 unspecified atom stereocenters. The lowest BCUT2D eigenvalue weighted by Gasteiger charge is -2.22. The third-order valence-electron chi connectivity index (χ3n) is 3.61. The van der Waals surface area contributed by atoms with Crippen LogP contribution in [0.1, 0.15) is 57.8 Å². The van der Waals surface area contributed by atoms with Gasteiger partial charge in [0, 0.05) is 18.7 Å². The van der Waals surface area contributed by atoms with Crippen LogP contribution in [-0.2, 0) is 0 Å². The number of rotatable bonds is 11. The number of carbonyl (C=O) groups is 1. The van der Waals surface area contributed by atoms with Crippen molar-refractivity contribution in [2.75, 3.05) is 32.9 Å². The first-order valence-electron chi connectivity index (χ1n) is 8.98. The topological polar surface area (TPSA) is 48.0 Å². The Labute approximate surface area is 145 Å². The van der Waals surface area contributed by atoms with Crippen molar-refractivity contribution in [1.29, 1.82) is 0 Å². The predicted molar refractivity (Wildman–Crippen MR) is 96.4 cm³/mol. The van der Waals surface area contributed by atoms with E-state index in [1.807, 2.05) is 32.6 Å². The Morgan fingerprint density at radius 3 is 1.88 bits per heavy atom. The van der Waals surface area contributed by atoms with E-state index in [0.29, 0.717) is 49.2 Å². The summed E-state index contributed by atoms with van der Waals surface area (Å²) in [7, 11) is 0. The maximum absolute atomic E-state index is 12.8. The number of hydrogen-bond donors (Lipinski definition) is 0. The molecule has 0 saturated carbocycles. The molecule has 0 fully saturated rings. The monoisotopic (exact) mass is 337 g/mol. The van der Waals surface area contributed by atoms with Crippen LogP contribution in [0.5, 0.6) is 17.2 Å². The Morgan fingerprint density at radius 1 is 0.917 bits per heavy atom. The maximum Gasteiger partial charge on any atom is 0.254 e. The minimum absolute atomic E-state index is 0.00379. The number of ether oxygens (including phenoxy) is 3. The zero-order valence-corrected chi connectivity index (χ0v) is 15.7. The van der Waals surface area contributed by atoms with Gasteiger partial charge < -0.3 is 19.1 Å². The number of nitrogens with zero attached hydrogens (tertiary/aromatic N) is 1. The Bertz CT molecular complexity index is 489. The molecule has 5 nitrogen and oxygen atoms in total. The van der Waals surface area contributed by atoms with Gasteiger partial charge >= 0.3 is 0 Å². The molecule has 1 aromatic carbocycles. The van der Waals surface area contributed by atoms with E-state index in [2.05, 4.69) is 6.92 Å². The standard InChI is InChI=1S/C19H31NO4/c1-6-11-12-20(7-2)19(21)15-13-16(22-8-3)18(24-10-5)17(14-15)23-9-4/h13-14H,6-12H2,1-5H3. The van der Waals surface area contributed by atoms with Crippen molar-refractivity contribution in [1.82, 2.24) is 4.90 Å². The predicted octanol–water partition coefficient (Wildman–Crippen LogP) is 4.14.